The third kappa shape index (κ3) is 8.33. The number of unbranched alkanes of at least 4 members (excludes halogenated alkanes) is 1. The Bertz CT molecular complexity index is 1080. The quantitative estimate of drug-likeness (QED) is 0.392. The number of benzene rings is 2. The minimum Gasteiger partial charge on any atom is -0.444 e. The Hall–Kier alpha value is -3.35. The fourth-order valence-electron chi connectivity index (χ4n) is 4.52. The smallest absolute Gasteiger partial charge is 0.408 e. The molecule has 0 aliphatic heterocycles. The van der Waals surface area contributed by atoms with E-state index in [1.807, 2.05) is 61.5 Å². The van der Waals surface area contributed by atoms with E-state index in [2.05, 4.69) is 24.5 Å². The molecule has 1 fully saturated rings. The lowest BCUT2D eigenvalue weighted by Gasteiger charge is -2.35. The lowest BCUT2D eigenvalue weighted by molar-refractivity contribution is -0.143. The number of ether oxygens (including phenoxy) is 1. The second kappa shape index (κ2) is 12.9. The summed E-state index contributed by atoms with van der Waals surface area (Å²) in [7, 11) is 0. The van der Waals surface area contributed by atoms with Crippen molar-refractivity contribution in [1.29, 1.82) is 0 Å². The van der Waals surface area contributed by atoms with Gasteiger partial charge in [0.2, 0.25) is 11.8 Å². The largest absolute Gasteiger partial charge is 0.444 e. The van der Waals surface area contributed by atoms with Gasteiger partial charge in [-0.3, -0.25) is 9.59 Å². The van der Waals surface area contributed by atoms with Crippen molar-refractivity contribution >= 4 is 17.9 Å². The summed E-state index contributed by atoms with van der Waals surface area (Å²) in [5, 5.41) is 5.87. The highest BCUT2D eigenvalue weighted by atomic mass is 16.6. The molecule has 206 valence electrons. The van der Waals surface area contributed by atoms with Crippen molar-refractivity contribution in [2.24, 2.45) is 5.92 Å². The number of nitrogens with one attached hydrogen (secondary N) is 2. The Balaban J connectivity index is 1.99. The molecule has 4 atom stereocenters. The number of hydrogen-bond donors (Lipinski definition) is 2. The zero-order valence-corrected chi connectivity index (χ0v) is 23.6. The van der Waals surface area contributed by atoms with Gasteiger partial charge in [0.25, 0.3) is 0 Å². The normalized spacial score (nSPS) is 18.2. The van der Waals surface area contributed by atoms with Gasteiger partial charge < -0.3 is 20.3 Å². The van der Waals surface area contributed by atoms with Gasteiger partial charge in [0.1, 0.15) is 17.7 Å². The maximum atomic E-state index is 14.4. The first-order chi connectivity index (χ1) is 18.0. The maximum absolute atomic E-state index is 14.4. The number of nitrogens with zero attached hydrogens (tertiary/aromatic N) is 1. The number of carbonyl (C=O) groups is 3. The van der Waals surface area contributed by atoms with Gasteiger partial charge in [0.15, 0.2) is 0 Å². The molecule has 2 N–H and O–H groups in total. The van der Waals surface area contributed by atoms with Crippen LogP contribution in [0.3, 0.4) is 0 Å². The first kappa shape index (κ1) is 29.2. The maximum Gasteiger partial charge on any atom is 0.408 e. The van der Waals surface area contributed by atoms with Crippen LogP contribution in [0.1, 0.15) is 76.6 Å². The van der Waals surface area contributed by atoms with Crippen molar-refractivity contribution in [1.82, 2.24) is 15.5 Å². The SMILES string of the molecule is CCCCNC(=O)C(c1ccc(C)cc1)N(C(=O)C(Cc1ccccc1)NC(=O)OC(C)(C)C)C1CC1C. The number of aryl methyl sites for hydroxylation is 1. The van der Waals surface area contributed by atoms with Crippen molar-refractivity contribution in [3.05, 3.63) is 71.3 Å². The van der Waals surface area contributed by atoms with Crippen molar-refractivity contribution in [2.45, 2.75) is 91.0 Å². The van der Waals surface area contributed by atoms with Gasteiger partial charge in [0.05, 0.1) is 0 Å². The number of alkyl carbamates (subject to hydrolysis) is 1. The molecule has 0 bridgehead atoms. The predicted octanol–water partition coefficient (Wildman–Crippen LogP) is 5.33. The van der Waals surface area contributed by atoms with Crippen LogP contribution in [0.25, 0.3) is 0 Å². The molecular formula is C31H43N3O4. The molecule has 7 nitrogen and oxygen atoms in total. The average molecular weight is 522 g/mol. The summed E-state index contributed by atoms with van der Waals surface area (Å²) in [5.41, 5.74) is 2.03. The molecular weight excluding hydrogens is 478 g/mol. The van der Waals surface area contributed by atoms with Crippen LogP contribution in [0.15, 0.2) is 54.6 Å². The second-order valence-electron chi connectivity index (χ2n) is 11.4. The van der Waals surface area contributed by atoms with Crippen molar-refractivity contribution < 1.29 is 19.1 Å². The number of rotatable bonds is 11. The number of carbonyl (C=O) groups excluding carboxylic acids is 3. The van der Waals surface area contributed by atoms with Crippen LogP contribution in [0.4, 0.5) is 4.79 Å². The summed E-state index contributed by atoms with van der Waals surface area (Å²) in [4.78, 5) is 42.6. The van der Waals surface area contributed by atoms with Gasteiger partial charge in [-0.05, 0) is 57.6 Å². The van der Waals surface area contributed by atoms with Gasteiger partial charge in [0, 0.05) is 19.0 Å². The van der Waals surface area contributed by atoms with E-state index < -0.39 is 23.8 Å². The summed E-state index contributed by atoms with van der Waals surface area (Å²) < 4.78 is 5.50. The van der Waals surface area contributed by atoms with Crippen LogP contribution in [-0.4, -0.2) is 47.0 Å². The molecule has 0 spiro atoms. The van der Waals surface area contributed by atoms with Gasteiger partial charge in [-0.25, -0.2) is 4.79 Å². The molecule has 1 saturated carbocycles. The van der Waals surface area contributed by atoms with Crippen molar-refractivity contribution in [2.75, 3.05) is 6.54 Å². The molecule has 1 aliphatic rings. The van der Waals surface area contributed by atoms with Crippen molar-refractivity contribution in [3.8, 4) is 0 Å². The lowest BCUT2D eigenvalue weighted by atomic mass is 9.99. The van der Waals surface area contributed by atoms with E-state index in [0.29, 0.717) is 6.54 Å². The Morgan fingerprint density at radius 3 is 2.24 bits per heavy atom. The van der Waals surface area contributed by atoms with E-state index >= 15 is 0 Å². The molecule has 7 heteroatoms. The molecule has 2 aromatic carbocycles. The zero-order chi connectivity index (χ0) is 27.9. The standard InChI is InChI=1S/C31H43N3O4/c1-7-8-18-32-28(35)27(24-16-14-21(2)15-17-24)34(26-19-22(26)3)29(36)25(20-23-12-10-9-11-13-23)33-30(37)38-31(4,5)6/h9-17,22,25-27H,7-8,18-20H2,1-6H3,(H,32,35)(H,33,37). The average Bonchev–Trinajstić information content (AvgIpc) is 3.57. The van der Waals surface area contributed by atoms with E-state index in [1.165, 1.54) is 0 Å². The van der Waals surface area contributed by atoms with Crippen LogP contribution in [0.5, 0.6) is 0 Å². The second-order valence-corrected chi connectivity index (χ2v) is 11.4. The Morgan fingerprint density at radius 1 is 1.05 bits per heavy atom. The Kier molecular flexibility index (Phi) is 9.95. The predicted molar refractivity (Wildman–Crippen MR) is 150 cm³/mol. The molecule has 3 rings (SSSR count). The topological polar surface area (TPSA) is 87.7 Å². The molecule has 1 aliphatic carbocycles. The fourth-order valence-corrected chi connectivity index (χ4v) is 4.52. The van der Waals surface area contributed by atoms with E-state index in [1.54, 1.807) is 25.7 Å². The highest BCUT2D eigenvalue weighted by Crippen LogP contribution is 2.41. The molecule has 4 unspecified atom stereocenters. The van der Waals surface area contributed by atoms with Crippen molar-refractivity contribution in [3.63, 3.8) is 0 Å². The summed E-state index contributed by atoms with van der Waals surface area (Å²) in [6, 6.07) is 15.5. The van der Waals surface area contributed by atoms with Gasteiger partial charge in [-0.2, -0.15) is 0 Å². The molecule has 0 aromatic heterocycles. The molecule has 3 amide bonds. The van der Waals surface area contributed by atoms with E-state index in [0.717, 1.165) is 36.0 Å². The van der Waals surface area contributed by atoms with E-state index in [4.69, 9.17) is 4.74 Å². The summed E-state index contributed by atoms with van der Waals surface area (Å²) in [6.45, 7) is 12.0. The summed E-state index contributed by atoms with van der Waals surface area (Å²) in [5.74, 6) is -0.231. The minimum atomic E-state index is -0.892. The first-order valence-electron chi connectivity index (χ1n) is 13.7. The molecule has 0 radical (unpaired) electrons. The highest BCUT2D eigenvalue weighted by Gasteiger charge is 2.48. The fraction of sp³-hybridized carbons (Fsp3) is 0.516. The number of hydrogen-bond acceptors (Lipinski definition) is 4. The van der Waals surface area contributed by atoms with Crippen LogP contribution >= 0.6 is 0 Å². The van der Waals surface area contributed by atoms with Gasteiger partial charge >= 0.3 is 6.09 Å². The third-order valence-corrected chi connectivity index (χ3v) is 6.70. The monoisotopic (exact) mass is 521 g/mol. The Morgan fingerprint density at radius 2 is 1.68 bits per heavy atom. The number of amides is 3. The highest BCUT2D eigenvalue weighted by molar-refractivity contribution is 5.92. The van der Waals surface area contributed by atoms with E-state index in [9.17, 15) is 14.4 Å². The summed E-state index contributed by atoms with van der Waals surface area (Å²) >= 11 is 0. The van der Waals surface area contributed by atoms with Crippen LogP contribution in [0.2, 0.25) is 0 Å². The van der Waals surface area contributed by atoms with Crippen LogP contribution < -0.4 is 10.6 Å². The minimum absolute atomic E-state index is 0.0931. The third-order valence-electron chi connectivity index (χ3n) is 6.70. The molecule has 38 heavy (non-hydrogen) atoms. The van der Waals surface area contributed by atoms with Gasteiger partial charge in [-0.15, -0.1) is 0 Å². The van der Waals surface area contributed by atoms with E-state index in [-0.39, 0.29) is 30.2 Å². The summed E-state index contributed by atoms with van der Waals surface area (Å²) in [6.07, 6.45) is 2.25. The van der Waals surface area contributed by atoms with Crippen LogP contribution in [0, 0.1) is 12.8 Å². The molecule has 0 heterocycles. The Labute approximate surface area is 227 Å². The zero-order valence-electron chi connectivity index (χ0n) is 23.6. The lowest BCUT2D eigenvalue weighted by Crippen LogP contribution is -2.54. The molecule has 0 saturated heterocycles. The van der Waals surface area contributed by atoms with Gasteiger partial charge in [-0.1, -0.05) is 80.4 Å². The van der Waals surface area contributed by atoms with Crippen LogP contribution in [-0.2, 0) is 20.7 Å². The first-order valence-corrected chi connectivity index (χ1v) is 13.7. The molecule has 2 aromatic rings.